The molecule has 7 nitrogen and oxygen atoms in total. The summed E-state index contributed by atoms with van der Waals surface area (Å²) in [5.41, 5.74) is 4.62. The molecule has 1 aliphatic heterocycles. The number of nitrogens with one attached hydrogen (secondary N) is 2. The minimum atomic E-state index is 0.574. The predicted octanol–water partition coefficient (Wildman–Crippen LogP) is 2.72. The van der Waals surface area contributed by atoms with Gasteiger partial charge in [0.1, 0.15) is 5.82 Å². The second-order valence-electron chi connectivity index (χ2n) is 7.66. The first-order valence-corrected chi connectivity index (χ1v) is 10.1. The van der Waals surface area contributed by atoms with Crippen LogP contribution in [0.25, 0.3) is 5.69 Å². The van der Waals surface area contributed by atoms with Gasteiger partial charge in [-0.2, -0.15) is 10.2 Å². The van der Waals surface area contributed by atoms with Crippen LogP contribution in [0.5, 0.6) is 0 Å². The lowest BCUT2D eigenvalue weighted by Gasteiger charge is -2.34. The zero-order valence-electron chi connectivity index (χ0n) is 16.9. The fraction of sp³-hybridized carbons (Fsp3) is 0.476. The van der Waals surface area contributed by atoms with Crippen LogP contribution < -0.4 is 10.2 Å². The van der Waals surface area contributed by atoms with Gasteiger partial charge in [0.15, 0.2) is 5.82 Å². The van der Waals surface area contributed by atoms with E-state index < -0.39 is 0 Å². The molecular formula is C21H29N7. The van der Waals surface area contributed by atoms with Crippen molar-refractivity contribution >= 4 is 5.69 Å². The van der Waals surface area contributed by atoms with Crippen LogP contribution in [-0.2, 0) is 6.42 Å². The highest BCUT2D eigenvalue weighted by Gasteiger charge is 2.19. The normalized spacial score (nSPS) is 15.3. The van der Waals surface area contributed by atoms with E-state index in [1.54, 1.807) is 0 Å². The van der Waals surface area contributed by atoms with Crippen molar-refractivity contribution in [2.24, 2.45) is 0 Å². The van der Waals surface area contributed by atoms with E-state index in [1.807, 2.05) is 18.5 Å². The van der Waals surface area contributed by atoms with Gasteiger partial charge in [-0.15, -0.1) is 0 Å². The zero-order chi connectivity index (χ0) is 19.5. The first-order valence-electron chi connectivity index (χ1n) is 10.1. The average molecular weight is 380 g/mol. The van der Waals surface area contributed by atoms with Gasteiger partial charge < -0.3 is 10.2 Å². The first kappa shape index (κ1) is 18.7. The number of rotatable bonds is 6. The molecule has 7 heteroatoms. The molecule has 0 amide bonds. The van der Waals surface area contributed by atoms with Crippen molar-refractivity contribution in [1.82, 2.24) is 30.3 Å². The Balaban J connectivity index is 1.27. The Labute approximate surface area is 166 Å². The molecule has 148 valence electrons. The van der Waals surface area contributed by atoms with Crippen LogP contribution >= 0.6 is 0 Å². The van der Waals surface area contributed by atoms with Gasteiger partial charge in [0.2, 0.25) is 0 Å². The predicted molar refractivity (Wildman–Crippen MR) is 111 cm³/mol. The standard InChI is InChI=1S/C21H29N7/c1-15-14-16(2)28(26-15)20-6-4-19(5-7-20)27-12-9-18(10-13-27)22-11-8-21-23-17(3)24-25-21/h4-7,14,18,22H,8-13H2,1-3H3,(H,23,24,25). The topological polar surface area (TPSA) is 74.7 Å². The van der Waals surface area contributed by atoms with E-state index in [0.717, 1.165) is 67.6 Å². The van der Waals surface area contributed by atoms with Crippen molar-refractivity contribution in [2.45, 2.75) is 46.1 Å². The number of aromatic nitrogens is 5. The van der Waals surface area contributed by atoms with E-state index in [4.69, 9.17) is 0 Å². The molecule has 2 aromatic heterocycles. The van der Waals surface area contributed by atoms with E-state index in [0.29, 0.717) is 6.04 Å². The maximum atomic E-state index is 4.57. The molecule has 0 saturated carbocycles. The second-order valence-corrected chi connectivity index (χ2v) is 7.66. The molecular weight excluding hydrogens is 350 g/mol. The molecule has 4 rings (SSSR count). The van der Waals surface area contributed by atoms with E-state index in [9.17, 15) is 0 Å². The minimum Gasteiger partial charge on any atom is -0.371 e. The summed E-state index contributed by atoms with van der Waals surface area (Å²) in [5, 5.41) is 15.3. The molecule has 1 aliphatic rings. The lowest BCUT2D eigenvalue weighted by Crippen LogP contribution is -2.43. The number of anilines is 1. The van der Waals surface area contributed by atoms with E-state index in [2.05, 4.69) is 67.8 Å². The van der Waals surface area contributed by atoms with E-state index >= 15 is 0 Å². The smallest absolute Gasteiger partial charge is 0.151 e. The monoisotopic (exact) mass is 379 g/mol. The summed E-state index contributed by atoms with van der Waals surface area (Å²) in [7, 11) is 0. The fourth-order valence-electron chi connectivity index (χ4n) is 3.93. The third-order valence-corrected chi connectivity index (χ3v) is 5.39. The van der Waals surface area contributed by atoms with Gasteiger partial charge >= 0.3 is 0 Å². The molecule has 3 aromatic rings. The Hall–Kier alpha value is -2.67. The van der Waals surface area contributed by atoms with Crippen LogP contribution in [0.15, 0.2) is 30.3 Å². The Morgan fingerprint density at radius 1 is 1.07 bits per heavy atom. The average Bonchev–Trinajstić information content (AvgIpc) is 3.27. The summed E-state index contributed by atoms with van der Waals surface area (Å²) in [5.74, 6) is 1.78. The number of H-pyrrole nitrogens is 1. The van der Waals surface area contributed by atoms with Gasteiger partial charge in [-0.1, -0.05) is 0 Å². The quantitative estimate of drug-likeness (QED) is 0.689. The third kappa shape index (κ3) is 4.25. The Kier molecular flexibility index (Phi) is 5.43. The van der Waals surface area contributed by atoms with Crippen LogP contribution in [0, 0.1) is 20.8 Å². The van der Waals surface area contributed by atoms with Gasteiger partial charge in [0.05, 0.1) is 11.4 Å². The summed E-state index contributed by atoms with van der Waals surface area (Å²) >= 11 is 0. The number of nitrogens with zero attached hydrogens (tertiary/aromatic N) is 5. The number of hydrogen-bond donors (Lipinski definition) is 2. The lowest BCUT2D eigenvalue weighted by atomic mass is 10.0. The molecule has 0 bridgehead atoms. The van der Waals surface area contributed by atoms with Crippen molar-refractivity contribution in [3.63, 3.8) is 0 Å². The number of piperidine rings is 1. The molecule has 1 fully saturated rings. The van der Waals surface area contributed by atoms with E-state index in [-0.39, 0.29) is 0 Å². The summed E-state index contributed by atoms with van der Waals surface area (Å²) in [4.78, 5) is 6.83. The Bertz CT molecular complexity index is 901. The molecule has 2 N–H and O–H groups in total. The molecule has 28 heavy (non-hydrogen) atoms. The highest BCUT2D eigenvalue weighted by atomic mass is 15.3. The van der Waals surface area contributed by atoms with Crippen molar-refractivity contribution in [3.05, 3.63) is 53.4 Å². The summed E-state index contributed by atoms with van der Waals surface area (Å²) in [6.07, 6.45) is 3.19. The number of benzene rings is 1. The SMILES string of the molecule is Cc1cc(C)n(-c2ccc(N3CCC(NCCc4n[nH]c(C)n4)CC3)cc2)n1. The molecule has 0 radical (unpaired) electrons. The van der Waals surface area contributed by atoms with Gasteiger partial charge in [0.25, 0.3) is 0 Å². The van der Waals surface area contributed by atoms with Crippen LogP contribution in [0.4, 0.5) is 5.69 Å². The second kappa shape index (κ2) is 8.14. The molecule has 3 heterocycles. The highest BCUT2D eigenvalue weighted by Crippen LogP contribution is 2.22. The van der Waals surface area contributed by atoms with Gasteiger partial charge in [-0.3, -0.25) is 5.10 Å². The van der Waals surface area contributed by atoms with Gasteiger partial charge in [0, 0.05) is 43.5 Å². The van der Waals surface area contributed by atoms with Crippen molar-refractivity contribution in [3.8, 4) is 5.69 Å². The van der Waals surface area contributed by atoms with Crippen molar-refractivity contribution in [2.75, 3.05) is 24.5 Å². The van der Waals surface area contributed by atoms with Crippen LogP contribution in [0.3, 0.4) is 0 Å². The number of hydrogen-bond acceptors (Lipinski definition) is 5. The van der Waals surface area contributed by atoms with E-state index in [1.165, 1.54) is 5.69 Å². The fourth-order valence-corrected chi connectivity index (χ4v) is 3.93. The summed E-state index contributed by atoms with van der Waals surface area (Å²) in [6.45, 7) is 9.15. The first-order chi connectivity index (χ1) is 13.6. The Morgan fingerprint density at radius 3 is 2.39 bits per heavy atom. The van der Waals surface area contributed by atoms with Crippen molar-refractivity contribution in [1.29, 1.82) is 0 Å². The number of aryl methyl sites for hydroxylation is 3. The molecule has 0 aliphatic carbocycles. The van der Waals surface area contributed by atoms with Gasteiger partial charge in [-0.05, 0) is 63.9 Å². The maximum absolute atomic E-state index is 4.57. The number of aromatic amines is 1. The highest BCUT2D eigenvalue weighted by molar-refractivity contribution is 5.51. The molecule has 0 atom stereocenters. The van der Waals surface area contributed by atoms with Gasteiger partial charge in [-0.25, -0.2) is 9.67 Å². The van der Waals surface area contributed by atoms with Crippen LogP contribution in [0.2, 0.25) is 0 Å². The third-order valence-electron chi connectivity index (χ3n) is 5.39. The molecule has 0 spiro atoms. The molecule has 1 aromatic carbocycles. The van der Waals surface area contributed by atoms with Crippen molar-refractivity contribution < 1.29 is 0 Å². The Morgan fingerprint density at radius 2 is 1.79 bits per heavy atom. The van der Waals surface area contributed by atoms with Crippen LogP contribution in [0.1, 0.15) is 35.9 Å². The van der Waals surface area contributed by atoms with Crippen LogP contribution in [-0.4, -0.2) is 50.6 Å². The molecule has 1 saturated heterocycles. The largest absolute Gasteiger partial charge is 0.371 e. The summed E-state index contributed by atoms with van der Waals surface area (Å²) < 4.78 is 2.00. The maximum Gasteiger partial charge on any atom is 0.151 e. The minimum absolute atomic E-state index is 0.574. The lowest BCUT2D eigenvalue weighted by molar-refractivity contribution is 0.416. The zero-order valence-corrected chi connectivity index (χ0v) is 16.9. The molecule has 0 unspecified atom stereocenters. The summed E-state index contributed by atoms with van der Waals surface area (Å²) in [6, 6.07) is 11.4.